The van der Waals surface area contributed by atoms with Crippen molar-refractivity contribution in [2.45, 2.75) is 6.73 Å². The number of benzene rings is 1. The van der Waals surface area contributed by atoms with Gasteiger partial charge in [0, 0.05) is 7.11 Å². The van der Waals surface area contributed by atoms with Crippen LogP contribution < -0.4 is 5.73 Å². The van der Waals surface area contributed by atoms with Gasteiger partial charge in [0.15, 0.2) is 0 Å². The summed E-state index contributed by atoms with van der Waals surface area (Å²) in [5.41, 5.74) is 7.95. The number of methoxy groups -OCH3 is 1. The van der Waals surface area contributed by atoms with Gasteiger partial charge in [-0.1, -0.05) is 11.6 Å². The van der Waals surface area contributed by atoms with Crippen LogP contribution in [0.25, 0.3) is 11.0 Å². The molecule has 1 heterocycles. The van der Waals surface area contributed by atoms with Crippen molar-refractivity contribution in [1.29, 1.82) is 0 Å². The summed E-state index contributed by atoms with van der Waals surface area (Å²) in [5, 5.41) is 0.524. The van der Waals surface area contributed by atoms with Crippen LogP contribution in [0.4, 0.5) is 5.69 Å². The van der Waals surface area contributed by atoms with Gasteiger partial charge in [-0.2, -0.15) is 0 Å². The monoisotopic (exact) mass is 255 g/mol. The highest BCUT2D eigenvalue weighted by Gasteiger charge is 2.06. The van der Waals surface area contributed by atoms with Gasteiger partial charge in [0.05, 0.1) is 41.3 Å². The molecule has 1 aromatic carbocycles. The zero-order valence-electron chi connectivity index (χ0n) is 9.52. The zero-order valence-corrected chi connectivity index (χ0v) is 10.3. The Kier molecular flexibility index (Phi) is 3.83. The van der Waals surface area contributed by atoms with Crippen LogP contribution in [0.5, 0.6) is 0 Å². The summed E-state index contributed by atoms with van der Waals surface area (Å²) < 4.78 is 12.2. The molecule has 0 bridgehead atoms. The van der Waals surface area contributed by atoms with Crippen molar-refractivity contribution >= 4 is 28.3 Å². The molecule has 0 amide bonds. The predicted molar refractivity (Wildman–Crippen MR) is 67.0 cm³/mol. The number of nitrogen functional groups attached to an aromatic ring is 1. The molecule has 0 aliphatic rings. The van der Waals surface area contributed by atoms with Gasteiger partial charge >= 0.3 is 0 Å². The number of aromatic nitrogens is 2. The molecule has 0 aliphatic heterocycles. The highest BCUT2D eigenvalue weighted by molar-refractivity contribution is 6.33. The van der Waals surface area contributed by atoms with Crippen molar-refractivity contribution in [1.82, 2.24) is 9.55 Å². The number of imidazole rings is 1. The lowest BCUT2D eigenvalue weighted by molar-refractivity contribution is 0.0358. The summed E-state index contributed by atoms with van der Waals surface area (Å²) >= 11 is 5.97. The summed E-state index contributed by atoms with van der Waals surface area (Å²) in [6.45, 7) is 1.53. The first-order chi connectivity index (χ1) is 8.22. The Balaban J connectivity index is 2.15. The highest BCUT2D eigenvalue weighted by atomic mass is 35.5. The lowest BCUT2D eigenvalue weighted by Gasteiger charge is -2.06. The third kappa shape index (κ3) is 2.69. The molecule has 0 radical (unpaired) electrons. The van der Waals surface area contributed by atoms with Crippen molar-refractivity contribution in [3.8, 4) is 0 Å². The van der Waals surface area contributed by atoms with Crippen LogP contribution in [0.15, 0.2) is 18.5 Å². The molecule has 5 nitrogen and oxygen atoms in total. The summed E-state index contributed by atoms with van der Waals surface area (Å²) in [7, 11) is 1.64. The van der Waals surface area contributed by atoms with Crippen LogP contribution in [0, 0.1) is 0 Å². The van der Waals surface area contributed by atoms with Gasteiger partial charge in [-0.15, -0.1) is 0 Å². The van der Waals surface area contributed by atoms with Crippen molar-refractivity contribution < 1.29 is 9.47 Å². The first-order valence-corrected chi connectivity index (χ1v) is 5.56. The van der Waals surface area contributed by atoms with E-state index < -0.39 is 0 Å². The predicted octanol–water partition coefficient (Wildman–Crippen LogP) is 1.89. The van der Waals surface area contributed by atoms with E-state index in [0.717, 1.165) is 11.0 Å². The van der Waals surface area contributed by atoms with E-state index in [9.17, 15) is 0 Å². The van der Waals surface area contributed by atoms with Gasteiger partial charge in [0.2, 0.25) is 0 Å². The van der Waals surface area contributed by atoms with Crippen LogP contribution >= 0.6 is 11.6 Å². The van der Waals surface area contributed by atoms with Gasteiger partial charge < -0.3 is 19.8 Å². The van der Waals surface area contributed by atoms with E-state index in [4.69, 9.17) is 26.8 Å². The molecule has 92 valence electrons. The van der Waals surface area contributed by atoms with E-state index in [2.05, 4.69) is 4.98 Å². The number of halogens is 1. The Morgan fingerprint density at radius 3 is 3.00 bits per heavy atom. The minimum Gasteiger partial charge on any atom is -0.397 e. The zero-order chi connectivity index (χ0) is 12.3. The number of hydrogen-bond donors (Lipinski definition) is 1. The maximum Gasteiger partial charge on any atom is 0.124 e. The van der Waals surface area contributed by atoms with Crippen LogP contribution in [0.3, 0.4) is 0 Å². The molecule has 2 N–H and O–H groups in total. The molecule has 17 heavy (non-hydrogen) atoms. The maximum absolute atomic E-state index is 5.97. The van der Waals surface area contributed by atoms with Crippen LogP contribution in [0.2, 0.25) is 5.02 Å². The van der Waals surface area contributed by atoms with Gasteiger partial charge in [0.1, 0.15) is 6.73 Å². The molecule has 1 aromatic heterocycles. The second kappa shape index (κ2) is 5.35. The molecule has 2 aromatic rings. The van der Waals surface area contributed by atoms with Gasteiger partial charge in [0.25, 0.3) is 0 Å². The van der Waals surface area contributed by atoms with Crippen molar-refractivity contribution in [2.75, 3.05) is 26.1 Å². The molecular weight excluding hydrogens is 242 g/mol. The lowest BCUT2D eigenvalue weighted by Crippen LogP contribution is -2.06. The van der Waals surface area contributed by atoms with E-state index in [1.165, 1.54) is 0 Å². The van der Waals surface area contributed by atoms with Crippen molar-refractivity contribution in [3.05, 3.63) is 23.5 Å². The number of rotatable bonds is 5. The van der Waals surface area contributed by atoms with Crippen LogP contribution in [-0.2, 0) is 16.2 Å². The molecule has 0 saturated carbocycles. The summed E-state index contributed by atoms with van der Waals surface area (Å²) in [5.74, 6) is 0. The minimum absolute atomic E-state index is 0.417. The molecular formula is C11H14ClN3O2. The third-order valence-electron chi connectivity index (χ3n) is 2.40. The Labute approximate surface area is 104 Å². The van der Waals surface area contributed by atoms with Crippen molar-refractivity contribution in [3.63, 3.8) is 0 Å². The number of anilines is 1. The van der Waals surface area contributed by atoms with E-state index in [0.29, 0.717) is 30.7 Å². The summed E-state index contributed by atoms with van der Waals surface area (Å²) in [6.07, 6.45) is 1.70. The largest absolute Gasteiger partial charge is 0.397 e. The fourth-order valence-corrected chi connectivity index (χ4v) is 1.66. The van der Waals surface area contributed by atoms with Crippen LogP contribution in [-0.4, -0.2) is 29.9 Å². The second-order valence-electron chi connectivity index (χ2n) is 3.61. The number of nitrogens with two attached hydrogens (primary N) is 1. The highest BCUT2D eigenvalue weighted by Crippen LogP contribution is 2.24. The summed E-state index contributed by atoms with van der Waals surface area (Å²) in [4.78, 5) is 4.23. The minimum atomic E-state index is 0.417. The fourth-order valence-electron chi connectivity index (χ4n) is 1.50. The SMILES string of the molecule is COCCOCn1cnc2cc(N)c(Cl)cc21. The number of ether oxygens (including phenoxy) is 2. The first kappa shape index (κ1) is 12.2. The molecule has 0 aliphatic carbocycles. The number of hydrogen-bond acceptors (Lipinski definition) is 4. The first-order valence-electron chi connectivity index (χ1n) is 5.19. The van der Waals surface area contributed by atoms with Crippen LogP contribution in [0.1, 0.15) is 0 Å². The quantitative estimate of drug-likeness (QED) is 0.655. The smallest absolute Gasteiger partial charge is 0.124 e. The molecule has 2 rings (SSSR count). The fraction of sp³-hybridized carbons (Fsp3) is 0.364. The average Bonchev–Trinajstić information content (AvgIpc) is 2.68. The Morgan fingerprint density at radius 1 is 1.41 bits per heavy atom. The van der Waals surface area contributed by atoms with Gasteiger partial charge in [-0.25, -0.2) is 4.98 Å². The Bertz CT molecular complexity index is 513. The molecule has 0 unspecified atom stereocenters. The number of nitrogens with zero attached hydrogens (tertiary/aromatic N) is 2. The molecule has 0 saturated heterocycles. The Hall–Kier alpha value is -1.30. The van der Waals surface area contributed by atoms with Gasteiger partial charge in [-0.3, -0.25) is 0 Å². The second-order valence-corrected chi connectivity index (χ2v) is 4.01. The normalized spacial score (nSPS) is 11.2. The maximum atomic E-state index is 5.97. The molecule has 6 heteroatoms. The van der Waals surface area contributed by atoms with E-state index in [1.807, 2.05) is 4.57 Å². The standard InChI is InChI=1S/C11H14ClN3O2/c1-16-2-3-17-7-15-6-14-10-5-9(13)8(12)4-11(10)15/h4-6H,2-3,7,13H2,1H3. The van der Waals surface area contributed by atoms with E-state index in [1.54, 1.807) is 25.6 Å². The molecule has 0 atom stereocenters. The topological polar surface area (TPSA) is 62.3 Å². The molecule has 0 fully saturated rings. The van der Waals surface area contributed by atoms with E-state index >= 15 is 0 Å². The van der Waals surface area contributed by atoms with Crippen molar-refractivity contribution in [2.24, 2.45) is 0 Å². The third-order valence-corrected chi connectivity index (χ3v) is 2.73. The Morgan fingerprint density at radius 2 is 2.24 bits per heavy atom. The van der Waals surface area contributed by atoms with E-state index in [-0.39, 0.29) is 0 Å². The number of fused-ring (bicyclic) bond motifs is 1. The summed E-state index contributed by atoms with van der Waals surface area (Å²) in [6, 6.07) is 3.54. The van der Waals surface area contributed by atoms with Gasteiger partial charge in [-0.05, 0) is 12.1 Å². The average molecular weight is 256 g/mol. The molecule has 0 spiro atoms. The lowest BCUT2D eigenvalue weighted by atomic mass is 10.3.